The van der Waals surface area contributed by atoms with Gasteiger partial charge in [0.2, 0.25) is 5.89 Å². The van der Waals surface area contributed by atoms with Crippen LogP contribution >= 0.6 is 11.6 Å². The molecule has 0 unspecified atom stereocenters. The zero-order chi connectivity index (χ0) is 22.1. The summed E-state index contributed by atoms with van der Waals surface area (Å²) in [4.78, 5) is 17.4. The molecule has 4 rings (SSSR count). The Morgan fingerprint density at radius 3 is 2.52 bits per heavy atom. The first kappa shape index (κ1) is 20.8. The van der Waals surface area contributed by atoms with E-state index in [-0.39, 0.29) is 11.6 Å². The van der Waals surface area contributed by atoms with Crippen LogP contribution in [0.2, 0.25) is 5.02 Å². The Bertz CT molecular complexity index is 1250. The van der Waals surface area contributed by atoms with Crippen molar-refractivity contribution < 1.29 is 9.21 Å². The lowest BCUT2D eigenvalue weighted by atomic mass is 10.1. The number of oxazole rings is 1. The summed E-state index contributed by atoms with van der Waals surface area (Å²) in [6, 6.07) is 13.2. The van der Waals surface area contributed by atoms with Gasteiger partial charge in [0, 0.05) is 16.3 Å². The van der Waals surface area contributed by atoms with Crippen molar-refractivity contribution >= 4 is 23.2 Å². The fourth-order valence-electron chi connectivity index (χ4n) is 3.37. The van der Waals surface area contributed by atoms with Gasteiger partial charge in [-0.05, 0) is 57.0 Å². The largest absolute Gasteiger partial charge is 0.441 e. The standard InChI is InChI=1S/C23H22ClN5O2/c1-13-7-5-8-14(2)20(13)26-22(30)21-15(3)29(28-27-21)12-19-16(4)31-23(25-19)17-9-6-10-18(24)11-17/h5-11H,12H2,1-4H3,(H,26,30). The first-order valence-corrected chi connectivity index (χ1v) is 10.2. The highest BCUT2D eigenvalue weighted by molar-refractivity contribution is 6.30. The number of benzene rings is 2. The maximum Gasteiger partial charge on any atom is 0.278 e. The summed E-state index contributed by atoms with van der Waals surface area (Å²) in [5.41, 5.74) is 5.21. The lowest BCUT2D eigenvalue weighted by molar-refractivity contribution is 0.102. The van der Waals surface area contributed by atoms with Gasteiger partial charge >= 0.3 is 0 Å². The molecule has 8 heteroatoms. The van der Waals surface area contributed by atoms with Crippen LogP contribution in [0.15, 0.2) is 46.9 Å². The minimum atomic E-state index is -0.294. The molecule has 2 aromatic carbocycles. The summed E-state index contributed by atoms with van der Waals surface area (Å²) in [7, 11) is 0. The molecule has 31 heavy (non-hydrogen) atoms. The van der Waals surface area contributed by atoms with Gasteiger partial charge in [0.15, 0.2) is 5.69 Å². The zero-order valence-corrected chi connectivity index (χ0v) is 18.5. The van der Waals surface area contributed by atoms with Gasteiger partial charge in [0.25, 0.3) is 5.91 Å². The smallest absolute Gasteiger partial charge is 0.278 e. The van der Waals surface area contributed by atoms with E-state index in [1.165, 1.54) is 0 Å². The summed E-state index contributed by atoms with van der Waals surface area (Å²) in [5, 5.41) is 11.8. The second-order valence-electron chi connectivity index (χ2n) is 7.43. The van der Waals surface area contributed by atoms with Crippen LogP contribution in [0.1, 0.15) is 38.8 Å². The molecule has 0 aliphatic rings. The predicted octanol–water partition coefficient (Wildman–Crippen LogP) is 5.12. The number of nitrogens with zero attached hydrogens (tertiary/aromatic N) is 4. The van der Waals surface area contributed by atoms with Crippen LogP contribution < -0.4 is 5.32 Å². The quantitative estimate of drug-likeness (QED) is 0.470. The number of aryl methyl sites for hydroxylation is 3. The lowest BCUT2D eigenvalue weighted by Crippen LogP contribution is -2.16. The van der Waals surface area contributed by atoms with Crippen LogP contribution in [0.5, 0.6) is 0 Å². The van der Waals surface area contributed by atoms with Crippen molar-refractivity contribution in [2.75, 3.05) is 5.32 Å². The topological polar surface area (TPSA) is 85.8 Å². The molecule has 4 aromatic rings. The molecule has 1 N–H and O–H groups in total. The molecule has 0 aliphatic heterocycles. The van der Waals surface area contributed by atoms with E-state index in [1.807, 2.05) is 58.0 Å². The maximum atomic E-state index is 12.8. The number of halogens is 1. The van der Waals surface area contributed by atoms with Gasteiger partial charge in [-0.1, -0.05) is 41.1 Å². The number of para-hydroxylation sites is 1. The minimum Gasteiger partial charge on any atom is -0.441 e. The normalized spacial score (nSPS) is 11.0. The van der Waals surface area contributed by atoms with Gasteiger partial charge in [0.1, 0.15) is 11.5 Å². The van der Waals surface area contributed by atoms with Gasteiger partial charge in [0.05, 0.1) is 12.2 Å². The van der Waals surface area contributed by atoms with Gasteiger partial charge < -0.3 is 9.73 Å². The van der Waals surface area contributed by atoms with E-state index in [0.717, 1.165) is 22.4 Å². The molecule has 0 radical (unpaired) electrons. The molecule has 0 aliphatic carbocycles. The molecular weight excluding hydrogens is 414 g/mol. The van der Waals surface area contributed by atoms with E-state index >= 15 is 0 Å². The average molecular weight is 436 g/mol. The first-order valence-electron chi connectivity index (χ1n) is 9.83. The number of aromatic nitrogens is 4. The Balaban J connectivity index is 1.56. The molecule has 0 fully saturated rings. The number of carbonyl (C=O) groups is 1. The Morgan fingerprint density at radius 1 is 1.10 bits per heavy atom. The molecule has 0 saturated heterocycles. The third-order valence-corrected chi connectivity index (χ3v) is 5.42. The van der Waals surface area contributed by atoms with E-state index in [9.17, 15) is 4.79 Å². The molecule has 7 nitrogen and oxygen atoms in total. The number of hydrogen-bond donors (Lipinski definition) is 1. The van der Waals surface area contributed by atoms with Crippen molar-refractivity contribution in [2.24, 2.45) is 0 Å². The lowest BCUT2D eigenvalue weighted by Gasteiger charge is -2.10. The van der Waals surface area contributed by atoms with Gasteiger partial charge in [-0.3, -0.25) is 4.79 Å². The van der Waals surface area contributed by atoms with Crippen LogP contribution in [0.25, 0.3) is 11.5 Å². The van der Waals surface area contributed by atoms with Gasteiger partial charge in [-0.25, -0.2) is 9.67 Å². The molecule has 0 spiro atoms. The Morgan fingerprint density at radius 2 is 1.81 bits per heavy atom. The van der Waals surface area contributed by atoms with Crippen molar-refractivity contribution in [3.63, 3.8) is 0 Å². The number of rotatable bonds is 5. The minimum absolute atomic E-state index is 0.277. The summed E-state index contributed by atoms with van der Waals surface area (Å²) >= 11 is 6.07. The third kappa shape index (κ3) is 4.22. The van der Waals surface area contributed by atoms with E-state index in [0.29, 0.717) is 34.6 Å². The number of hydrogen-bond acceptors (Lipinski definition) is 5. The van der Waals surface area contributed by atoms with Crippen LogP contribution in [0.4, 0.5) is 5.69 Å². The highest BCUT2D eigenvalue weighted by Gasteiger charge is 2.20. The SMILES string of the molecule is Cc1cccc(C)c1NC(=O)c1nnn(Cc2nc(-c3cccc(Cl)c3)oc2C)c1C. The van der Waals surface area contributed by atoms with Gasteiger partial charge in [-0.2, -0.15) is 0 Å². The molecule has 0 saturated carbocycles. The summed E-state index contributed by atoms with van der Waals surface area (Å²) < 4.78 is 7.46. The molecule has 2 aromatic heterocycles. The Kier molecular flexibility index (Phi) is 5.61. The average Bonchev–Trinajstić information content (AvgIpc) is 3.28. The fourth-order valence-corrected chi connectivity index (χ4v) is 3.56. The third-order valence-electron chi connectivity index (χ3n) is 5.18. The number of anilines is 1. The highest BCUT2D eigenvalue weighted by Crippen LogP contribution is 2.25. The van der Waals surface area contributed by atoms with E-state index in [2.05, 4.69) is 20.6 Å². The molecule has 0 bridgehead atoms. The van der Waals surface area contributed by atoms with E-state index in [4.69, 9.17) is 16.0 Å². The van der Waals surface area contributed by atoms with Crippen LogP contribution in [-0.4, -0.2) is 25.9 Å². The van der Waals surface area contributed by atoms with Crippen molar-refractivity contribution in [3.05, 3.63) is 81.5 Å². The van der Waals surface area contributed by atoms with Crippen molar-refractivity contribution in [2.45, 2.75) is 34.2 Å². The number of amides is 1. The summed E-state index contributed by atoms with van der Waals surface area (Å²) in [5.74, 6) is 0.866. The first-order chi connectivity index (χ1) is 14.8. The highest BCUT2D eigenvalue weighted by atomic mass is 35.5. The Hall–Kier alpha value is -3.45. The second kappa shape index (κ2) is 8.35. The van der Waals surface area contributed by atoms with Crippen molar-refractivity contribution in [1.29, 1.82) is 0 Å². The zero-order valence-electron chi connectivity index (χ0n) is 17.7. The molecule has 158 valence electrons. The van der Waals surface area contributed by atoms with Crippen LogP contribution in [0.3, 0.4) is 0 Å². The van der Waals surface area contributed by atoms with Crippen molar-refractivity contribution in [1.82, 2.24) is 20.0 Å². The van der Waals surface area contributed by atoms with Crippen LogP contribution in [0, 0.1) is 27.7 Å². The maximum absolute atomic E-state index is 12.8. The van der Waals surface area contributed by atoms with Crippen molar-refractivity contribution in [3.8, 4) is 11.5 Å². The van der Waals surface area contributed by atoms with Crippen LogP contribution in [-0.2, 0) is 6.54 Å². The Labute approximate surface area is 185 Å². The molecule has 1 amide bonds. The summed E-state index contributed by atoms with van der Waals surface area (Å²) in [6.07, 6.45) is 0. The van der Waals surface area contributed by atoms with E-state index in [1.54, 1.807) is 16.8 Å². The number of carbonyl (C=O) groups excluding carboxylic acids is 1. The molecule has 0 atom stereocenters. The van der Waals surface area contributed by atoms with Gasteiger partial charge in [-0.15, -0.1) is 5.10 Å². The molecular formula is C23H22ClN5O2. The number of nitrogens with one attached hydrogen (secondary N) is 1. The monoisotopic (exact) mass is 435 g/mol. The molecule has 2 heterocycles. The fraction of sp³-hybridized carbons (Fsp3) is 0.217. The predicted molar refractivity (Wildman–Crippen MR) is 119 cm³/mol. The van der Waals surface area contributed by atoms with E-state index < -0.39 is 0 Å². The summed E-state index contributed by atoms with van der Waals surface area (Å²) in [6.45, 7) is 7.91. The second-order valence-corrected chi connectivity index (χ2v) is 7.87.